The van der Waals surface area contributed by atoms with Gasteiger partial charge in [-0.2, -0.15) is 0 Å². The molecular formula is C15H22N2O2. The van der Waals surface area contributed by atoms with Gasteiger partial charge in [0.05, 0.1) is 13.0 Å². The molecule has 0 aromatic heterocycles. The van der Waals surface area contributed by atoms with Crippen LogP contribution in [0.2, 0.25) is 0 Å². The Balaban J connectivity index is 1.83. The van der Waals surface area contributed by atoms with Crippen LogP contribution >= 0.6 is 0 Å². The number of carbonyl (C=O) groups is 1. The summed E-state index contributed by atoms with van der Waals surface area (Å²) < 4.78 is 5.31. The summed E-state index contributed by atoms with van der Waals surface area (Å²) in [5, 5.41) is 6.09. The molecule has 0 aliphatic carbocycles. The molecule has 1 saturated heterocycles. The summed E-state index contributed by atoms with van der Waals surface area (Å²) in [6.07, 6.45) is 1.82. The van der Waals surface area contributed by atoms with Crippen LogP contribution in [0.5, 0.6) is 5.75 Å². The second-order valence-electron chi connectivity index (χ2n) is 4.90. The maximum atomic E-state index is 11.7. The summed E-state index contributed by atoms with van der Waals surface area (Å²) in [6.45, 7) is 4.44. The van der Waals surface area contributed by atoms with Gasteiger partial charge in [0.25, 0.3) is 0 Å². The number of carbonyl (C=O) groups excluding carboxylic acids is 1. The van der Waals surface area contributed by atoms with Crippen molar-refractivity contribution < 1.29 is 9.53 Å². The Labute approximate surface area is 114 Å². The second-order valence-corrected chi connectivity index (χ2v) is 4.90. The zero-order valence-electron chi connectivity index (χ0n) is 11.7. The number of benzene rings is 1. The standard InChI is InChI=1S/C15H22N2O2/c1-3-12-8-11(4-5-14(12)19-2)6-7-17-15(18)13-9-16-10-13/h4-5,8,13,16H,3,6-7,9-10H2,1-2H3,(H,17,18). The molecule has 0 spiro atoms. The van der Waals surface area contributed by atoms with Crippen LogP contribution in [0, 0.1) is 5.92 Å². The van der Waals surface area contributed by atoms with E-state index in [0.29, 0.717) is 6.54 Å². The van der Waals surface area contributed by atoms with Crippen molar-refractivity contribution >= 4 is 5.91 Å². The Morgan fingerprint density at radius 3 is 2.84 bits per heavy atom. The van der Waals surface area contributed by atoms with E-state index in [1.54, 1.807) is 7.11 Å². The van der Waals surface area contributed by atoms with Crippen LogP contribution in [0.3, 0.4) is 0 Å². The van der Waals surface area contributed by atoms with E-state index in [1.165, 1.54) is 11.1 Å². The predicted molar refractivity (Wildman–Crippen MR) is 75.4 cm³/mol. The van der Waals surface area contributed by atoms with Crippen molar-refractivity contribution in [2.75, 3.05) is 26.7 Å². The molecule has 104 valence electrons. The Hall–Kier alpha value is -1.55. The van der Waals surface area contributed by atoms with Crippen LogP contribution in [0.25, 0.3) is 0 Å². The van der Waals surface area contributed by atoms with E-state index in [-0.39, 0.29) is 11.8 Å². The van der Waals surface area contributed by atoms with Gasteiger partial charge in [-0.1, -0.05) is 19.1 Å². The van der Waals surface area contributed by atoms with Crippen molar-refractivity contribution in [1.82, 2.24) is 10.6 Å². The number of ether oxygens (including phenoxy) is 1. The van der Waals surface area contributed by atoms with Crippen LogP contribution in [0.1, 0.15) is 18.1 Å². The van der Waals surface area contributed by atoms with E-state index in [0.717, 1.165) is 31.7 Å². The maximum Gasteiger partial charge on any atom is 0.225 e. The minimum Gasteiger partial charge on any atom is -0.496 e. The molecule has 0 radical (unpaired) electrons. The van der Waals surface area contributed by atoms with Gasteiger partial charge in [0.1, 0.15) is 5.75 Å². The molecule has 1 aromatic carbocycles. The van der Waals surface area contributed by atoms with E-state index in [9.17, 15) is 4.79 Å². The van der Waals surface area contributed by atoms with E-state index >= 15 is 0 Å². The zero-order chi connectivity index (χ0) is 13.7. The van der Waals surface area contributed by atoms with Crippen molar-refractivity contribution in [3.8, 4) is 5.75 Å². The minimum atomic E-state index is 0.169. The lowest BCUT2D eigenvalue weighted by molar-refractivity contribution is -0.126. The first-order valence-electron chi connectivity index (χ1n) is 6.88. The molecule has 1 aliphatic heterocycles. The van der Waals surface area contributed by atoms with Gasteiger partial charge in [0.2, 0.25) is 5.91 Å². The molecule has 4 heteroatoms. The summed E-state index contributed by atoms with van der Waals surface area (Å²) in [6, 6.07) is 6.23. The first-order chi connectivity index (χ1) is 9.24. The molecule has 0 unspecified atom stereocenters. The molecule has 0 atom stereocenters. The third-order valence-electron chi connectivity index (χ3n) is 3.59. The van der Waals surface area contributed by atoms with Crippen molar-refractivity contribution in [2.24, 2.45) is 5.92 Å². The average molecular weight is 262 g/mol. The van der Waals surface area contributed by atoms with Crippen molar-refractivity contribution in [1.29, 1.82) is 0 Å². The number of hydrogen-bond donors (Lipinski definition) is 2. The third-order valence-corrected chi connectivity index (χ3v) is 3.59. The minimum absolute atomic E-state index is 0.169. The molecule has 19 heavy (non-hydrogen) atoms. The highest BCUT2D eigenvalue weighted by Gasteiger charge is 2.24. The van der Waals surface area contributed by atoms with Crippen molar-refractivity contribution in [3.63, 3.8) is 0 Å². The largest absolute Gasteiger partial charge is 0.496 e. The number of nitrogens with one attached hydrogen (secondary N) is 2. The summed E-state index contributed by atoms with van der Waals surface area (Å²) in [4.78, 5) is 11.7. The lowest BCUT2D eigenvalue weighted by Crippen LogP contribution is -2.51. The molecule has 1 aromatic rings. The van der Waals surface area contributed by atoms with Gasteiger partial charge >= 0.3 is 0 Å². The Kier molecular flexibility index (Phi) is 4.80. The topological polar surface area (TPSA) is 50.4 Å². The zero-order valence-corrected chi connectivity index (χ0v) is 11.7. The Morgan fingerprint density at radius 2 is 2.26 bits per heavy atom. The normalized spacial score (nSPS) is 14.8. The molecule has 1 aliphatic rings. The Bertz CT molecular complexity index is 442. The van der Waals surface area contributed by atoms with Crippen LogP contribution in [0.4, 0.5) is 0 Å². The van der Waals surface area contributed by atoms with Gasteiger partial charge in [0.15, 0.2) is 0 Å². The highest BCUT2D eigenvalue weighted by molar-refractivity contribution is 5.79. The molecule has 4 nitrogen and oxygen atoms in total. The van der Waals surface area contributed by atoms with E-state index < -0.39 is 0 Å². The Morgan fingerprint density at radius 1 is 1.47 bits per heavy atom. The maximum absolute atomic E-state index is 11.7. The quantitative estimate of drug-likeness (QED) is 0.808. The van der Waals surface area contributed by atoms with Crippen molar-refractivity contribution in [2.45, 2.75) is 19.8 Å². The first-order valence-corrected chi connectivity index (χ1v) is 6.88. The fraction of sp³-hybridized carbons (Fsp3) is 0.533. The number of aryl methyl sites for hydroxylation is 1. The van der Waals surface area contributed by atoms with Gasteiger partial charge in [-0.25, -0.2) is 0 Å². The first kappa shape index (κ1) is 13.9. The highest BCUT2D eigenvalue weighted by Crippen LogP contribution is 2.20. The summed E-state index contributed by atoms with van der Waals surface area (Å²) in [5.41, 5.74) is 2.46. The van der Waals surface area contributed by atoms with Gasteiger partial charge in [-0.05, 0) is 30.0 Å². The van der Waals surface area contributed by atoms with Crippen molar-refractivity contribution in [3.05, 3.63) is 29.3 Å². The third kappa shape index (κ3) is 3.47. The second kappa shape index (κ2) is 6.57. The fourth-order valence-corrected chi connectivity index (χ4v) is 2.21. The van der Waals surface area contributed by atoms with Crippen LogP contribution in [-0.2, 0) is 17.6 Å². The number of hydrogen-bond acceptors (Lipinski definition) is 3. The molecule has 1 fully saturated rings. The lowest BCUT2D eigenvalue weighted by atomic mass is 10.0. The molecule has 2 N–H and O–H groups in total. The summed E-state index contributed by atoms with van der Waals surface area (Å²) in [7, 11) is 1.70. The van der Waals surface area contributed by atoms with E-state index in [4.69, 9.17) is 4.74 Å². The van der Waals surface area contributed by atoms with Gasteiger partial charge < -0.3 is 15.4 Å². The summed E-state index contributed by atoms with van der Waals surface area (Å²) in [5.74, 6) is 1.28. The monoisotopic (exact) mass is 262 g/mol. The van der Waals surface area contributed by atoms with Crippen LogP contribution in [0.15, 0.2) is 18.2 Å². The number of rotatable bonds is 6. The van der Waals surface area contributed by atoms with Crippen LogP contribution in [-0.4, -0.2) is 32.7 Å². The molecular weight excluding hydrogens is 240 g/mol. The number of amides is 1. The predicted octanol–water partition coefficient (Wildman–Crippen LogP) is 1.14. The summed E-state index contributed by atoms with van der Waals surface area (Å²) >= 11 is 0. The molecule has 0 bridgehead atoms. The van der Waals surface area contributed by atoms with Gasteiger partial charge in [-0.3, -0.25) is 4.79 Å². The highest BCUT2D eigenvalue weighted by atomic mass is 16.5. The smallest absolute Gasteiger partial charge is 0.225 e. The average Bonchev–Trinajstić information content (AvgIpc) is 2.36. The molecule has 2 rings (SSSR count). The fourth-order valence-electron chi connectivity index (χ4n) is 2.21. The number of methoxy groups -OCH3 is 1. The van der Waals surface area contributed by atoms with E-state index in [1.807, 2.05) is 6.07 Å². The van der Waals surface area contributed by atoms with Crippen LogP contribution < -0.4 is 15.4 Å². The lowest BCUT2D eigenvalue weighted by Gasteiger charge is -2.25. The molecule has 1 amide bonds. The van der Waals surface area contributed by atoms with Gasteiger partial charge in [-0.15, -0.1) is 0 Å². The molecule has 1 heterocycles. The SMILES string of the molecule is CCc1cc(CCNC(=O)C2CNC2)ccc1OC. The van der Waals surface area contributed by atoms with E-state index in [2.05, 4.69) is 29.7 Å². The van der Waals surface area contributed by atoms with Gasteiger partial charge in [0, 0.05) is 19.6 Å². The molecule has 0 saturated carbocycles.